The Kier molecular flexibility index (Phi) is 12.6. The number of nitrogens with one attached hydrogen (secondary N) is 4. The van der Waals surface area contributed by atoms with Crippen LogP contribution in [0, 0.1) is 12.7 Å². The average molecular weight is 664 g/mol. The lowest BCUT2D eigenvalue weighted by molar-refractivity contribution is -0.148. The van der Waals surface area contributed by atoms with Crippen LogP contribution >= 0.6 is 0 Å². The van der Waals surface area contributed by atoms with E-state index in [1.54, 1.807) is 30.3 Å². The van der Waals surface area contributed by atoms with Crippen LogP contribution in [0.2, 0.25) is 0 Å². The summed E-state index contributed by atoms with van der Waals surface area (Å²) in [6.07, 6.45) is 2.47. The Bertz CT molecular complexity index is 1750. The first-order valence-corrected chi connectivity index (χ1v) is 14.8. The van der Waals surface area contributed by atoms with Gasteiger partial charge in [-0.15, -0.1) is 0 Å². The van der Waals surface area contributed by atoms with Gasteiger partial charge in [-0.1, -0.05) is 12.1 Å². The monoisotopic (exact) mass is 663 g/mol. The van der Waals surface area contributed by atoms with Crippen molar-refractivity contribution in [2.75, 3.05) is 37.1 Å². The van der Waals surface area contributed by atoms with E-state index >= 15 is 0 Å². The SMILES string of the molecule is Cc1cccc(NC(=O)Nc2ccc(Oc3ccnc(-c4cc(C(=O)NC(CCC(=O)OCCO)C(=O)OCCO)c[nH]4)c3)cc2F)c1. The molecular formula is C33H34FN5O9. The average Bonchev–Trinajstić information content (AvgIpc) is 3.57. The molecule has 6 N–H and O–H groups in total. The summed E-state index contributed by atoms with van der Waals surface area (Å²) in [5, 5.41) is 25.4. The maximum Gasteiger partial charge on any atom is 0.328 e. The Hall–Kier alpha value is -5.80. The number of hydrogen-bond donors (Lipinski definition) is 6. The smallest absolute Gasteiger partial charge is 0.328 e. The highest BCUT2D eigenvalue weighted by Gasteiger charge is 2.25. The Morgan fingerprint density at radius 2 is 1.71 bits per heavy atom. The number of amides is 3. The van der Waals surface area contributed by atoms with E-state index < -0.39 is 42.3 Å². The van der Waals surface area contributed by atoms with Crippen LogP contribution in [0.25, 0.3) is 11.4 Å². The number of anilines is 2. The van der Waals surface area contributed by atoms with Gasteiger partial charge < -0.3 is 45.4 Å². The van der Waals surface area contributed by atoms with Gasteiger partial charge in [0.05, 0.1) is 35.9 Å². The number of ether oxygens (including phenoxy) is 3. The fourth-order valence-electron chi connectivity index (χ4n) is 4.33. The lowest BCUT2D eigenvalue weighted by atomic mass is 10.1. The van der Waals surface area contributed by atoms with Gasteiger partial charge in [-0.05, 0) is 55.3 Å². The fourth-order valence-corrected chi connectivity index (χ4v) is 4.33. The fraction of sp³-hybridized carbons (Fsp3) is 0.242. The summed E-state index contributed by atoms with van der Waals surface area (Å²) in [6, 6.07) is 13.9. The number of urea groups is 1. The summed E-state index contributed by atoms with van der Waals surface area (Å²) in [5.74, 6) is -2.44. The summed E-state index contributed by atoms with van der Waals surface area (Å²) in [7, 11) is 0. The molecule has 48 heavy (non-hydrogen) atoms. The zero-order valence-corrected chi connectivity index (χ0v) is 25.8. The third-order valence-corrected chi connectivity index (χ3v) is 6.57. The van der Waals surface area contributed by atoms with Crippen molar-refractivity contribution in [2.24, 2.45) is 0 Å². The normalized spacial score (nSPS) is 11.2. The van der Waals surface area contributed by atoms with Crippen LogP contribution in [0.5, 0.6) is 11.5 Å². The lowest BCUT2D eigenvalue weighted by Crippen LogP contribution is -2.42. The van der Waals surface area contributed by atoms with Crippen molar-refractivity contribution in [1.82, 2.24) is 15.3 Å². The molecule has 1 unspecified atom stereocenters. The first-order valence-electron chi connectivity index (χ1n) is 14.8. The molecule has 0 spiro atoms. The Balaban J connectivity index is 1.38. The summed E-state index contributed by atoms with van der Waals surface area (Å²) in [6.45, 7) is 0.609. The van der Waals surface area contributed by atoms with Crippen molar-refractivity contribution in [1.29, 1.82) is 0 Å². The molecule has 0 bridgehead atoms. The zero-order valence-electron chi connectivity index (χ0n) is 25.8. The second kappa shape index (κ2) is 17.2. The van der Waals surface area contributed by atoms with E-state index in [1.807, 2.05) is 13.0 Å². The van der Waals surface area contributed by atoms with Gasteiger partial charge in [0.1, 0.15) is 36.6 Å². The molecule has 0 saturated heterocycles. The van der Waals surface area contributed by atoms with Gasteiger partial charge in [-0.3, -0.25) is 14.6 Å². The van der Waals surface area contributed by atoms with Crippen molar-refractivity contribution < 1.29 is 48.0 Å². The van der Waals surface area contributed by atoms with Gasteiger partial charge in [-0.2, -0.15) is 0 Å². The van der Waals surface area contributed by atoms with E-state index in [0.29, 0.717) is 22.8 Å². The third-order valence-electron chi connectivity index (χ3n) is 6.57. The minimum atomic E-state index is -1.22. The number of nitrogens with zero attached hydrogens (tertiary/aromatic N) is 1. The number of pyridine rings is 1. The molecule has 4 aromatic rings. The van der Waals surface area contributed by atoms with Gasteiger partial charge in [0.2, 0.25) is 0 Å². The molecule has 0 fully saturated rings. The number of esters is 2. The van der Waals surface area contributed by atoms with Crippen molar-refractivity contribution in [3.05, 3.63) is 90.0 Å². The van der Waals surface area contributed by atoms with E-state index in [-0.39, 0.29) is 49.7 Å². The highest BCUT2D eigenvalue weighted by atomic mass is 19.1. The molecule has 0 aliphatic heterocycles. The van der Waals surface area contributed by atoms with Crippen molar-refractivity contribution in [3.8, 4) is 22.9 Å². The van der Waals surface area contributed by atoms with Crippen LogP contribution in [-0.2, 0) is 19.1 Å². The molecule has 0 aliphatic carbocycles. The van der Waals surface area contributed by atoms with E-state index in [1.165, 1.54) is 30.6 Å². The van der Waals surface area contributed by atoms with Gasteiger partial charge in [0, 0.05) is 36.6 Å². The number of halogens is 1. The molecule has 15 heteroatoms. The number of hydrogen-bond acceptors (Lipinski definition) is 10. The minimum Gasteiger partial charge on any atom is -0.463 e. The maximum atomic E-state index is 14.8. The predicted molar refractivity (Wildman–Crippen MR) is 171 cm³/mol. The minimum absolute atomic E-state index is 0.0503. The second-order valence-corrected chi connectivity index (χ2v) is 10.3. The van der Waals surface area contributed by atoms with E-state index in [4.69, 9.17) is 24.4 Å². The summed E-state index contributed by atoms with van der Waals surface area (Å²) >= 11 is 0. The van der Waals surface area contributed by atoms with Crippen LogP contribution < -0.4 is 20.7 Å². The molecule has 0 radical (unpaired) electrons. The molecule has 0 saturated carbocycles. The highest BCUT2D eigenvalue weighted by Crippen LogP contribution is 2.28. The molecule has 14 nitrogen and oxygen atoms in total. The van der Waals surface area contributed by atoms with Crippen molar-refractivity contribution in [3.63, 3.8) is 0 Å². The number of aromatic nitrogens is 2. The summed E-state index contributed by atoms with van der Waals surface area (Å²) in [5.41, 5.74) is 2.40. The predicted octanol–water partition coefficient (Wildman–Crippen LogP) is 3.91. The van der Waals surface area contributed by atoms with Gasteiger partial charge in [0.25, 0.3) is 5.91 Å². The van der Waals surface area contributed by atoms with Crippen LogP contribution in [-0.4, -0.2) is 76.5 Å². The maximum absolute atomic E-state index is 14.8. The number of aliphatic hydroxyl groups excluding tert-OH is 2. The van der Waals surface area contributed by atoms with Crippen molar-refractivity contribution in [2.45, 2.75) is 25.8 Å². The number of aliphatic hydroxyl groups is 2. The van der Waals surface area contributed by atoms with Crippen LogP contribution in [0.3, 0.4) is 0 Å². The molecule has 1 atom stereocenters. The molecule has 4 rings (SSSR count). The Morgan fingerprint density at radius 3 is 2.46 bits per heavy atom. The summed E-state index contributed by atoms with van der Waals surface area (Å²) < 4.78 is 30.3. The summed E-state index contributed by atoms with van der Waals surface area (Å²) in [4.78, 5) is 56.8. The van der Waals surface area contributed by atoms with Crippen LogP contribution in [0.1, 0.15) is 28.8 Å². The van der Waals surface area contributed by atoms with Gasteiger partial charge in [-0.25, -0.2) is 14.0 Å². The lowest BCUT2D eigenvalue weighted by Gasteiger charge is -2.17. The number of carbonyl (C=O) groups excluding carboxylic acids is 4. The molecule has 252 valence electrons. The largest absolute Gasteiger partial charge is 0.463 e. The quantitative estimate of drug-likeness (QED) is 0.101. The molecule has 2 aromatic heterocycles. The topological polar surface area (TPSA) is 201 Å². The van der Waals surface area contributed by atoms with Crippen LogP contribution in [0.15, 0.2) is 73.1 Å². The van der Waals surface area contributed by atoms with Crippen LogP contribution in [0.4, 0.5) is 20.6 Å². The zero-order chi connectivity index (χ0) is 34.5. The van der Waals surface area contributed by atoms with E-state index in [9.17, 15) is 23.6 Å². The van der Waals surface area contributed by atoms with Gasteiger partial charge in [0.15, 0.2) is 0 Å². The first-order chi connectivity index (χ1) is 23.1. The second-order valence-electron chi connectivity index (χ2n) is 10.3. The number of carbonyl (C=O) groups is 4. The number of H-pyrrole nitrogens is 1. The number of benzene rings is 2. The number of rotatable bonds is 15. The standard InChI is InChI=1S/C33H34FN5O9/c1-20-3-2-4-22(15-20)37-33(45)39-26-6-5-23(17-25(26)34)48-24-9-10-35-29(18-24)28-16-21(19-36-28)31(43)38-27(32(44)47-14-12-41)7-8-30(42)46-13-11-40/h2-6,9-10,15-19,27,36,40-41H,7-8,11-14H2,1H3,(H,38,43)(H2,37,39,45). The first kappa shape index (κ1) is 35.1. The van der Waals surface area contributed by atoms with Gasteiger partial charge >= 0.3 is 18.0 Å². The highest BCUT2D eigenvalue weighted by molar-refractivity contribution is 6.00. The molecule has 2 aromatic carbocycles. The Morgan fingerprint density at radius 1 is 0.938 bits per heavy atom. The van der Waals surface area contributed by atoms with E-state index in [0.717, 1.165) is 11.6 Å². The molecule has 2 heterocycles. The number of aryl methyl sites for hydroxylation is 1. The third kappa shape index (κ3) is 10.4. The molecular weight excluding hydrogens is 629 g/mol. The van der Waals surface area contributed by atoms with E-state index in [2.05, 4.69) is 25.9 Å². The number of aromatic amines is 1. The molecule has 0 aliphatic rings. The Labute approximate surface area is 274 Å². The molecule has 3 amide bonds. The van der Waals surface area contributed by atoms with Crippen molar-refractivity contribution >= 4 is 35.3 Å².